The topological polar surface area (TPSA) is 35.9 Å². The van der Waals surface area contributed by atoms with Crippen LogP contribution in [-0.2, 0) is 6.54 Å². The summed E-state index contributed by atoms with van der Waals surface area (Å²) in [7, 11) is 1.55. The first-order valence-corrected chi connectivity index (χ1v) is 8.07. The van der Waals surface area contributed by atoms with E-state index < -0.39 is 0 Å². The molecule has 2 heterocycles. The van der Waals surface area contributed by atoms with Crippen LogP contribution in [0.25, 0.3) is 0 Å². The van der Waals surface area contributed by atoms with Crippen LogP contribution in [0.3, 0.4) is 0 Å². The van der Waals surface area contributed by atoms with Gasteiger partial charge >= 0.3 is 0 Å². The molecule has 1 unspecified atom stereocenters. The smallest absolute Gasteiger partial charge is 0.162 e. The molecule has 1 aromatic carbocycles. The highest BCUT2D eigenvalue weighted by molar-refractivity contribution is 6.30. The lowest BCUT2D eigenvalue weighted by Gasteiger charge is -2.44. The molecule has 2 fully saturated rings. The average molecular weight is 311 g/mol. The van der Waals surface area contributed by atoms with Crippen LogP contribution in [0.15, 0.2) is 12.1 Å². The molecule has 3 rings (SSSR count). The Morgan fingerprint density at radius 2 is 2.14 bits per heavy atom. The number of hydrogen-bond donors (Lipinski definition) is 1. The molecular weight excluding hydrogens is 288 g/mol. The third kappa shape index (κ3) is 3.28. The van der Waals surface area contributed by atoms with Crippen molar-refractivity contribution in [1.29, 1.82) is 0 Å². The summed E-state index contributed by atoms with van der Waals surface area (Å²) in [4.78, 5) is 5.02. The Labute approximate surface area is 131 Å². The van der Waals surface area contributed by atoms with Crippen molar-refractivity contribution in [3.63, 3.8) is 0 Å². The normalized spacial score (nSPS) is 23.8. The standard InChI is InChI=1S/C16H23ClN2O2/c1-21-15-9-13(17)8-12(16(15)20)10-18-6-7-19-5-3-2-4-14(19)11-18/h8-9,14,20H,2-7,10-11H2,1H3. The van der Waals surface area contributed by atoms with Crippen molar-refractivity contribution in [3.8, 4) is 11.5 Å². The zero-order chi connectivity index (χ0) is 14.8. The highest BCUT2D eigenvalue weighted by atomic mass is 35.5. The Kier molecular flexibility index (Phi) is 4.57. The van der Waals surface area contributed by atoms with Gasteiger partial charge in [0.15, 0.2) is 11.5 Å². The zero-order valence-electron chi connectivity index (χ0n) is 12.5. The summed E-state index contributed by atoms with van der Waals surface area (Å²) in [5, 5.41) is 10.9. The van der Waals surface area contributed by atoms with Gasteiger partial charge in [-0.1, -0.05) is 18.0 Å². The second-order valence-electron chi connectivity index (χ2n) is 6.04. The zero-order valence-corrected chi connectivity index (χ0v) is 13.3. The number of piperazine rings is 1. The minimum Gasteiger partial charge on any atom is -0.504 e. The third-order valence-electron chi connectivity index (χ3n) is 4.65. The number of methoxy groups -OCH3 is 1. The molecule has 1 aromatic rings. The van der Waals surface area contributed by atoms with E-state index in [4.69, 9.17) is 16.3 Å². The molecule has 1 N–H and O–H groups in total. The van der Waals surface area contributed by atoms with Crippen LogP contribution in [0.5, 0.6) is 11.5 Å². The first-order chi connectivity index (χ1) is 10.2. The highest BCUT2D eigenvalue weighted by Gasteiger charge is 2.29. The molecule has 0 radical (unpaired) electrons. The van der Waals surface area contributed by atoms with Crippen molar-refractivity contribution >= 4 is 11.6 Å². The molecule has 2 saturated heterocycles. The number of benzene rings is 1. The van der Waals surface area contributed by atoms with Crippen molar-refractivity contribution in [1.82, 2.24) is 9.80 Å². The number of piperidine rings is 1. The summed E-state index contributed by atoms with van der Waals surface area (Å²) in [6.45, 7) is 5.23. The third-order valence-corrected chi connectivity index (χ3v) is 4.87. The van der Waals surface area contributed by atoms with Gasteiger partial charge in [0.2, 0.25) is 0 Å². The van der Waals surface area contributed by atoms with E-state index >= 15 is 0 Å². The molecule has 2 aliphatic heterocycles. The Hall–Kier alpha value is -0.970. The second-order valence-corrected chi connectivity index (χ2v) is 6.47. The first-order valence-electron chi connectivity index (χ1n) is 7.69. The molecule has 4 nitrogen and oxygen atoms in total. The fourth-order valence-electron chi connectivity index (χ4n) is 3.51. The summed E-state index contributed by atoms with van der Waals surface area (Å²) in [6.07, 6.45) is 3.97. The highest BCUT2D eigenvalue weighted by Crippen LogP contribution is 2.34. The van der Waals surface area contributed by atoms with E-state index in [0.717, 1.165) is 31.7 Å². The molecule has 5 heteroatoms. The van der Waals surface area contributed by atoms with Crippen LogP contribution in [0.4, 0.5) is 0 Å². The number of phenols is 1. The fraction of sp³-hybridized carbons (Fsp3) is 0.625. The van der Waals surface area contributed by atoms with Gasteiger partial charge in [0.1, 0.15) is 0 Å². The van der Waals surface area contributed by atoms with Crippen molar-refractivity contribution in [2.45, 2.75) is 31.8 Å². The lowest BCUT2D eigenvalue weighted by atomic mass is 9.99. The van der Waals surface area contributed by atoms with E-state index in [9.17, 15) is 5.11 Å². The molecule has 0 saturated carbocycles. The largest absolute Gasteiger partial charge is 0.504 e. The van der Waals surface area contributed by atoms with Crippen LogP contribution in [-0.4, -0.2) is 54.2 Å². The van der Waals surface area contributed by atoms with Gasteiger partial charge in [0, 0.05) is 48.9 Å². The van der Waals surface area contributed by atoms with Gasteiger partial charge in [-0.25, -0.2) is 0 Å². The van der Waals surface area contributed by atoms with Crippen LogP contribution in [0.1, 0.15) is 24.8 Å². The Morgan fingerprint density at radius 1 is 1.29 bits per heavy atom. The SMILES string of the molecule is COc1cc(Cl)cc(CN2CCN3CCCCC3C2)c1O. The second kappa shape index (κ2) is 6.42. The molecule has 0 spiro atoms. The van der Waals surface area contributed by atoms with Crippen LogP contribution >= 0.6 is 11.6 Å². The summed E-state index contributed by atoms with van der Waals surface area (Å²) in [5.74, 6) is 0.668. The number of ether oxygens (including phenoxy) is 1. The number of fused-ring (bicyclic) bond motifs is 1. The first kappa shape index (κ1) is 14.9. The maximum Gasteiger partial charge on any atom is 0.162 e. The van der Waals surface area contributed by atoms with Gasteiger partial charge < -0.3 is 9.84 Å². The van der Waals surface area contributed by atoms with Crippen molar-refractivity contribution in [2.75, 3.05) is 33.3 Å². The quantitative estimate of drug-likeness (QED) is 0.931. The maximum atomic E-state index is 10.3. The summed E-state index contributed by atoms with van der Waals surface area (Å²) in [6, 6.07) is 4.17. The Bertz CT molecular complexity index is 509. The van der Waals surface area contributed by atoms with Gasteiger partial charge in [-0.3, -0.25) is 9.80 Å². The van der Waals surface area contributed by atoms with Gasteiger partial charge in [0.05, 0.1) is 7.11 Å². The lowest BCUT2D eigenvalue weighted by Crippen LogP contribution is -2.54. The van der Waals surface area contributed by atoms with E-state index in [-0.39, 0.29) is 5.75 Å². The predicted octanol–water partition coefficient (Wildman–Crippen LogP) is 2.72. The number of aromatic hydroxyl groups is 1. The maximum absolute atomic E-state index is 10.3. The van der Waals surface area contributed by atoms with Gasteiger partial charge in [-0.05, 0) is 25.5 Å². The summed E-state index contributed by atoms with van der Waals surface area (Å²) < 4.78 is 5.18. The number of phenolic OH excluding ortho intramolecular Hbond substituents is 1. The number of hydrogen-bond acceptors (Lipinski definition) is 4. The fourth-order valence-corrected chi connectivity index (χ4v) is 3.74. The van der Waals surface area contributed by atoms with E-state index in [2.05, 4.69) is 9.80 Å². The van der Waals surface area contributed by atoms with Gasteiger partial charge in [-0.15, -0.1) is 0 Å². The number of halogens is 1. The van der Waals surface area contributed by atoms with Crippen molar-refractivity contribution < 1.29 is 9.84 Å². The van der Waals surface area contributed by atoms with E-state index in [1.807, 2.05) is 6.07 Å². The van der Waals surface area contributed by atoms with Crippen molar-refractivity contribution in [2.24, 2.45) is 0 Å². The Balaban J connectivity index is 1.70. The van der Waals surface area contributed by atoms with Gasteiger partial charge in [-0.2, -0.15) is 0 Å². The minimum absolute atomic E-state index is 0.216. The van der Waals surface area contributed by atoms with Crippen molar-refractivity contribution in [3.05, 3.63) is 22.7 Å². The predicted molar refractivity (Wildman–Crippen MR) is 84.2 cm³/mol. The Morgan fingerprint density at radius 3 is 2.95 bits per heavy atom. The molecule has 0 amide bonds. The van der Waals surface area contributed by atoms with Crippen LogP contribution in [0, 0.1) is 0 Å². The van der Waals surface area contributed by atoms with E-state index in [1.54, 1.807) is 13.2 Å². The lowest BCUT2D eigenvalue weighted by molar-refractivity contribution is 0.0453. The van der Waals surface area contributed by atoms with E-state index in [1.165, 1.54) is 25.8 Å². The minimum atomic E-state index is 0.216. The monoisotopic (exact) mass is 310 g/mol. The molecule has 21 heavy (non-hydrogen) atoms. The van der Waals surface area contributed by atoms with Crippen LogP contribution in [0.2, 0.25) is 5.02 Å². The molecule has 0 aromatic heterocycles. The molecule has 0 bridgehead atoms. The average Bonchev–Trinajstić information content (AvgIpc) is 2.50. The van der Waals surface area contributed by atoms with Crippen LogP contribution < -0.4 is 4.74 Å². The molecule has 2 aliphatic rings. The summed E-state index contributed by atoms with van der Waals surface area (Å²) in [5.41, 5.74) is 0.851. The molecule has 1 atom stereocenters. The molecular formula is C16H23ClN2O2. The number of rotatable bonds is 3. The summed E-state index contributed by atoms with van der Waals surface area (Å²) >= 11 is 6.11. The van der Waals surface area contributed by atoms with Gasteiger partial charge in [0.25, 0.3) is 0 Å². The molecule has 0 aliphatic carbocycles. The molecule has 116 valence electrons. The van der Waals surface area contributed by atoms with E-state index in [0.29, 0.717) is 16.8 Å². The number of nitrogens with zero attached hydrogens (tertiary/aromatic N) is 2.